The lowest BCUT2D eigenvalue weighted by Crippen LogP contribution is -2.48. The average Bonchev–Trinajstić information content (AvgIpc) is 2.01. The molecule has 1 aliphatic rings. The van der Waals surface area contributed by atoms with Crippen molar-refractivity contribution in [1.29, 1.82) is 0 Å². The van der Waals surface area contributed by atoms with Crippen LogP contribution in [0.5, 0.6) is 0 Å². The number of likely N-dealkylation sites (tertiary alicyclic amines) is 1. The second-order valence-electron chi connectivity index (χ2n) is 4.93. The third kappa shape index (κ3) is 2.96. The van der Waals surface area contributed by atoms with Crippen LogP contribution in [0.2, 0.25) is 0 Å². The van der Waals surface area contributed by atoms with E-state index in [0.717, 1.165) is 19.5 Å². The van der Waals surface area contributed by atoms with Crippen molar-refractivity contribution >= 4 is 0 Å². The van der Waals surface area contributed by atoms with E-state index in [1.54, 1.807) is 0 Å². The van der Waals surface area contributed by atoms with Crippen LogP contribution in [-0.2, 0) is 0 Å². The molecule has 0 saturated carbocycles. The molecule has 0 aromatic heterocycles. The highest BCUT2D eigenvalue weighted by Gasteiger charge is 2.27. The molecule has 1 fully saturated rings. The molecular weight excluding hydrogens is 162 g/mol. The highest BCUT2D eigenvalue weighted by Crippen LogP contribution is 2.21. The number of aliphatic hydroxyl groups is 1. The van der Waals surface area contributed by atoms with Crippen LogP contribution in [0.4, 0.5) is 0 Å². The maximum Gasteiger partial charge on any atom is 0.0670 e. The van der Waals surface area contributed by atoms with Gasteiger partial charge in [-0.25, -0.2) is 0 Å². The fourth-order valence-corrected chi connectivity index (χ4v) is 2.11. The first-order chi connectivity index (χ1) is 6.00. The molecule has 2 nitrogen and oxygen atoms in total. The van der Waals surface area contributed by atoms with Crippen molar-refractivity contribution in [3.05, 3.63) is 0 Å². The first-order valence-electron chi connectivity index (χ1n) is 5.42. The van der Waals surface area contributed by atoms with Crippen LogP contribution in [0, 0.1) is 11.8 Å². The van der Waals surface area contributed by atoms with Gasteiger partial charge >= 0.3 is 0 Å². The van der Waals surface area contributed by atoms with Crippen LogP contribution in [0.3, 0.4) is 0 Å². The minimum atomic E-state index is -0.107. The lowest BCUT2D eigenvalue weighted by Gasteiger charge is -2.39. The Balaban J connectivity index is 2.49. The van der Waals surface area contributed by atoms with E-state index in [0.29, 0.717) is 17.9 Å². The lowest BCUT2D eigenvalue weighted by molar-refractivity contribution is 0.0156. The largest absolute Gasteiger partial charge is 0.392 e. The van der Waals surface area contributed by atoms with Gasteiger partial charge in [0.15, 0.2) is 0 Å². The molecule has 1 aliphatic heterocycles. The molecule has 0 aromatic carbocycles. The monoisotopic (exact) mass is 185 g/mol. The molecule has 1 unspecified atom stereocenters. The summed E-state index contributed by atoms with van der Waals surface area (Å²) in [6.45, 7) is 11.0. The average molecular weight is 185 g/mol. The van der Waals surface area contributed by atoms with E-state index >= 15 is 0 Å². The second kappa shape index (κ2) is 4.43. The molecule has 1 rings (SSSR count). The Bertz CT molecular complexity index is 148. The van der Waals surface area contributed by atoms with Gasteiger partial charge in [-0.05, 0) is 25.2 Å². The lowest BCUT2D eigenvalue weighted by atomic mass is 9.94. The molecule has 1 N–H and O–H groups in total. The molecule has 78 valence electrons. The molecule has 0 bridgehead atoms. The summed E-state index contributed by atoms with van der Waals surface area (Å²) in [6, 6.07) is 0.595. The highest BCUT2D eigenvalue weighted by atomic mass is 16.3. The van der Waals surface area contributed by atoms with Crippen molar-refractivity contribution in [3.8, 4) is 0 Å². The van der Waals surface area contributed by atoms with Crippen molar-refractivity contribution in [1.82, 2.24) is 4.90 Å². The fourth-order valence-electron chi connectivity index (χ4n) is 2.11. The quantitative estimate of drug-likeness (QED) is 0.708. The number of piperidine rings is 1. The van der Waals surface area contributed by atoms with Crippen LogP contribution in [0.25, 0.3) is 0 Å². The zero-order valence-corrected chi connectivity index (χ0v) is 9.33. The van der Waals surface area contributed by atoms with Gasteiger partial charge in [-0.3, -0.25) is 4.90 Å². The van der Waals surface area contributed by atoms with E-state index in [2.05, 4.69) is 32.6 Å². The van der Waals surface area contributed by atoms with Crippen LogP contribution < -0.4 is 0 Å². The van der Waals surface area contributed by atoms with E-state index in [4.69, 9.17) is 0 Å². The van der Waals surface area contributed by atoms with Crippen molar-refractivity contribution in [3.63, 3.8) is 0 Å². The third-order valence-electron chi connectivity index (χ3n) is 3.21. The Hall–Kier alpha value is -0.0800. The summed E-state index contributed by atoms with van der Waals surface area (Å²) >= 11 is 0. The number of β-amino-alcohol motifs (C(OH)–C–C–N with tert-alkyl or cyclic N) is 1. The standard InChI is InChI=1S/C11H23NO/c1-8(2)10(4)12-6-9(3)5-11(13)7-12/h8-11,13H,5-7H2,1-4H3/t9-,10?,11+/m0/s1. The zero-order chi connectivity index (χ0) is 10.0. The molecule has 0 aromatic rings. The van der Waals surface area contributed by atoms with E-state index in [-0.39, 0.29) is 6.10 Å². The summed E-state index contributed by atoms with van der Waals surface area (Å²) in [5, 5.41) is 9.64. The van der Waals surface area contributed by atoms with Gasteiger partial charge in [0.25, 0.3) is 0 Å². The van der Waals surface area contributed by atoms with Crippen molar-refractivity contribution < 1.29 is 5.11 Å². The van der Waals surface area contributed by atoms with Gasteiger partial charge in [-0.1, -0.05) is 20.8 Å². The summed E-state index contributed by atoms with van der Waals surface area (Å²) < 4.78 is 0. The molecule has 1 heterocycles. The predicted molar refractivity (Wildman–Crippen MR) is 55.7 cm³/mol. The molecule has 0 amide bonds. The van der Waals surface area contributed by atoms with Crippen molar-refractivity contribution in [2.24, 2.45) is 11.8 Å². The van der Waals surface area contributed by atoms with Crippen LogP contribution >= 0.6 is 0 Å². The van der Waals surface area contributed by atoms with Gasteiger partial charge in [-0.15, -0.1) is 0 Å². The van der Waals surface area contributed by atoms with Gasteiger partial charge in [0.05, 0.1) is 6.10 Å². The van der Waals surface area contributed by atoms with Gasteiger partial charge in [0, 0.05) is 19.1 Å². The molecule has 1 saturated heterocycles. The predicted octanol–water partition coefficient (Wildman–Crippen LogP) is 1.73. The van der Waals surface area contributed by atoms with Crippen molar-refractivity contribution in [2.75, 3.05) is 13.1 Å². The number of nitrogens with zero attached hydrogens (tertiary/aromatic N) is 1. The Labute approximate surface area is 81.9 Å². The highest BCUT2D eigenvalue weighted by molar-refractivity contribution is 4.81. The number of rotatable bonds is 2. The first-order valence-corrected chi connectivity index (χ1v) is 5.42. The van der Waals surface area contributed by atoms with Gasteiger partial charge in [-0.2, -0.15) is 0 Å². The second-order valence-corrected chi connectivity index (χ2v) is 4.93. The fraction of sp³-hybridized carbons (Fsp3) is 1.00. The third-order valence-corrected chi connectivity index (χ3v) is 3.21. The van der Waals surface area contributed by atoms with Gasteiger partial charge in [0.2, 0.25) is 0 Å². The van der Waals surface area contributed by atoms with Crippen LogP contribution in [-0.4, -0.2) is 35.2 Å². The Morgan fingerprint density at radius 2 is 1.85 bits per heavy atom. The van der Waals surface area contributed by atoms with Crippen LogP contribution in [0.1, 0.15) is 34.1 Å². The first kappa shape index (κ1) is 11.0. The summed E-state index contributed by atoms with van der Waals surface area (Å²) in [7, 11) is 0. The minimum Gasteiger partial charge on any atom is -0.392 e. The van der Waals surface area contributed by atoms with Gasteiger partial charge in [0.1, 0.15) is 0 Å². The van der Waals surface area contributed by atoms with Crippen molar-refractivity contribution in [2.45, 2.75) is 46.3 Å². The normalized spacial score (nSPS) is 33.7. The summed E-state index contributed by atoms with van der Waals surface area (Å²) in [4.78, 5) is 2.42. The Morgan fingerprint density at radius 3 is 2.31 bits per heavy atom. The summed E-state index contributed by atoms with van der Waals surface area (Å²) in [5.41, 5.74) is 0. The zero-order valence-electron chi connectivity index (χ0n) is 9.33. The molecule has 0 aliphatic carbocycles. The Kier molecular flexibility index (Phi) is 3.74. The topological polar surface area (TPSA) is 23.5 Å². The summed E-state index contributed by atoms with van der Waals surface area (Å²) in [5.74, 6) is 1.32. The van der Waals surface area contributed by atoms with E-state index in [1.807, 2.05) is 0 Å². The Morgan fingerprint density at radius 1 is 1.23 bits per heavy atom. The summed E-state index contributed by atoms with van der Waals surface area (Å²) in [6.07, 6.45) is 0.867. The molecule has 0 radical (unpaired) electrons. The number of hydrogen-bond acceptors (Lipinski definition) is 2. The van der Waals surface area contributed by atoms with E-state index in [9.17, 15) is 5.11 Å². The molecular formula is C11H23NO. The number of hydrogen-bond donors (Lipinski definition) is 1. The SMILES string of the molecule is CC(C)C(C)N1C[C@@H](C)C[C@@H](O)C1. The van der Waals surface area contributed by atoms with Gasteiger partial charge < -0.3 is 5.11 Å². The number of aliphatic hydroxyl groups excluding tert-OH is 1. The maximum absolute atomic E-state index is 9.64. The molecule has 3 atom stereocenters. The molecule has 13 heavy (non-hydrogen) atoms. The van der Waals surface area contributed by atoms with E-state index in [1.165, 1.54) is 0 Å². The maximum atomic E-state index is 9.64. The minimum absolute atomic E-state index is 0.107. The van der Waals surface area contributed by atoms with E-state index < -0.39 is 0 Å². The molecule has 0 spiro atoms. The molecule has 2 heteroatoms. The van der Waals surface area contributed by atoms with Crippen LogP contribution in [0.15, 0.2) is 0 Å². The smallest absolute Gasteiger partial charge is 0.0670 e.